The maximum Gasteiger partial charge on any atom is 0.387 e. The predicted molar refractivity (Wildman–Crippen MR) is 137 cm³/mol. The van der Waals surface area contributed by atoms with Gasteiger partial charge < -0.3 is 25.4 Å². The van der Waals surface area contributed by atoms with Crippen LogP contribution in [-0.4, -0.2) is 64.8 Å². The lowest BCUT2D eigenvalue weighted by Gasteiger charge is -2.46. The lowest BCUT2D eigenvalue weighted by Crippen LogP contribution is -2.60. The fourth-order valence-electron chi connectivity index (χ4n) is 5.46. The first-order valence-corrected chi connectivity index (χ1v) is 12.8. The first-order chi connectivity index (χ1) is 17.5. The fraction of sp³-hybridized carbons (Fsp3) is 0.615. The summed E-state index contributed by atoms with van der Waals surface area (Å²) in [7, 11) is 0. The van der Waals surface area contributed by atoms with Crippen LogP contribution >= 0.6 is 0 Å². The Hall–Kier alpha value is -2.79. The molecule has 0 amide bonds. The Morgan fingerprint density at radius 3 is 2.49 bits per heavy atom. The second-order valence-corrected chi connectivity index (χ2v) is 11.1. The van der Waals surface area contributed by atoms with Gasteiger partial charge >= 0.3 is 6.61 Å². The number of ether oxygens (including phenoxy) is 2. The summed E-state index contributed by atoms with van der Waals surface area (Å²) >= 11 is 0. The molecule has 0 saturated carbocycles. The van der Waals surface area contributed by atoms with E-state index in [9.17, 15) is 13.2 Å². The number of hydrogen-bond acceptors (Lipinski definition) is 8. The Kier molecular flexibility index (Phi) is 8.33. The molecule has 8 nitrogen and oxygen atoms in total. The molecule has 0 bridgehead atoms. The van der Waals surface area contributed by atoms with Gasteiger partial charge in [-0.15, -0.1) is 0 Å². The Morgan fingerprint density at radius 2 is 1.81 bits per heavy atom. The van der Waals surface area contributed by atoms with E-state index in [0.29, 0.717) is 12.3 Å². The Labute approximate surface area is 216 Å². The number of nitrogens with one attached hydrogen (secondary N) is 3. The standard InChI is InChI=1S/C26H37F3N6O2/c1-25(2)14-18(15-26(3,4)34-25)31-22-19(27)16-30-24(33-22)32-17-7-8-20(21(13-17)37-23(28)29)36-12-11-35-9-5-6-10-35/h7-8,13,16,18,23,34H,5-6,9-12,14-15H2,1-4H3,(H2,30,31,32,33). The van der Waals surface area contributed by atoms with E-state index in [-0.39, 0.29) is 40.4 Å². The van der Waals surface area contributed by atoms with Gasteiger partial charge in [-0.2, -0.15) is 13.8 Å². The summed E-state index contributed by atoms with van der Waals surface area (Å²) in [5.41, 5.74) is 0.163. The molecule has 0 radical (unpaired) electrons. The summed E-state index contributed by atoms with van der Waals surface area (Å²) < 4.78 is 51.2. The molecule has 204 valence electrons. The number of rotatable bonds is 10. The number of benzene rings is 1. The zero-order chi connectivity index (χ0) is 26.6. The van der Waals surface area contributed by atoms with Crippen molar-refractivity contribution < 1.29 is 22.6 Å². The summed E-state index contributed by atoms with van der Waals surface area (Å²) in [5, 5.41) is 9.78. The third-order valence-corrected chi connectivity index (χ3v) is 6.55. The van der Waals surface area contributed by atoms with Gasteiger partial charge in [0.25, 0.3) is 0 Å². The molecule has 0 spiro atoms. The van der Waals surface area contributed by atoms with Gasteiger partial charge in [-0.1, -0.05) is 0 Å². The summed E-state index contributed by atoms with van der Waals surface area (Å²) in [6.45, 7) is 8.59. The van der Waals surface area contributed by atoms with Crippen LogP contribution in [0.5, 0.6) is 11.5 Å². The number of piperidine rings is 1. The number of hydrogen-bond donors (Lipinski definition) is 3. The highest BCUT2D eigenvalue weighted by Gasteiger charge is 2.38. The molecule has 0 unspecified atom stereocenters. The number of anilines is 3. The van der Waals surface area contributed by atoms with Crippen LogP contribution in [0.3, 0.4) is 0 Å². The lowest BCUT2D eigenvalue weighted by atomic mass is 9.79. The van der Waals surface area contributed by atoms with Gasteiger partial charge in [0.05, 0.1) is 6.20 Å². The van der Waals surface area contributed by atoms with Crippen LogP contribution in [0, 0.1) is 5.82 Å². The van der Waals surface area contributed by atoms with Gasteiger partial charge in [-0.05, 0) is 78.6 Å². The molecule has 3 heterocycles. The number of halogens is 3. The van der Waals surface area contributed by atoms with Crippen molar-refractivity contribution in [3.05, 3.63) is 30.2 Å². The molecule has 0 atom stereocenters. The quantitative estimate of drug-likeness (QED) is 0.395. The molecule has 0 aliphatic carbocycles. The molecule has 11 heteroatoms. The van der Waals surface area contributed by atoms with Crippen LogP contribution in [0.4, 0.5) is 30.6 Å². The molecule has 2 saturated heterocycles. The van der Waals surface area contributed by atoms with E-state index >= 15 is 0 Å². The van der Waals surface area contributed by atoms with Crippen LogP contribution in [0.15, 0.2) is 24.4 Å². The minimum atomic E-state index is -3.01. The van der Waals surface area contributed by atoms with E-state index in [1.165, 1.54) is 6.07 Å². The van der Waals surface area contributed by atoms with E-state index in [2.05, 4.69) is 58.5 Å². The first-order valence-electron chi connectivity index (χ1n) is 12.8. The smallest absolute Gasteiger partial charge is 0.387 e. The largest absolute Gasteiger partial charge is 0.488 e. The molecular weight excluding hydrogens is 485 g/mol. The molecule has 2 aliphatic heterocycles. The van der Waals surface area contributed by atoms with Crippen molar-refractivity contribution in [3.8, 4) is 11.5 Å². The molecule has 2 aliphatic rings. The molecule has 37 heavy (non-hydrogen) atoms. The lowest BCUT2D eigenvalue weighted by molar-refractivity contribution is -0.0515. The zero-order valence-corrected chi connectivity index (χ0v) is 21.9. The van der Waals surface area contributed by atoms with E-state index in [0.717, 1.165) is 51.5 Å². The Morgan fingerprint density at radius 1 is 1.11 bits per heavy atom. The van der Waals surface area contributed by atoms with Crippen LogP contribution < -0.4 is 25.4 Å². The van der Waals surface area contributed by atoms with Crippen molar-refractivity contribution in [3.63, 3.8) is 0 Å². The van der Waals surface area contributed by atoms with Gasteiger partial charge in [0.1, 0.15) is 6.61 Å². The summed E-state index contributed by atoms with van der Waals surface area (Å²) in [6.07, 6.45) is 4.99. The summed E-state index contributed by atoms with van der Waals surface area (Å²) in [4.78, 5) is 10.6. The second-order valence-electron chi connectivity index (χ2n) is 11.1. The minimum absolute atomic E-state index is 0.00605. The van der Waals surface area contributed by atoms with E-state index in [1.54, 1.807) is 12.1 Å². The summed E-state index contributed by atoms with van der Waals surface area (Å²) in [6, 6.07) is 4.62. The number of likely N-dealkylation sites (tertiary alicyclic amines) is 1. The van der Waals surface area contributed by atoms with Crippen molar-refractivity contribution >= 4 is 17.5 Å². The Balaban J connectivity index is 1.45. The molecule has 4 rings (SSSR count). The highest BCUT2D eigenvalue weighted by atomic mass is 19.3. The molecule has 1 aromatic heterocycles. The topological polar surface area (TPSA) is 83.6 Å². The Bertz CT molecular complexity index is 1050. The minimum Gasteiger partial charge on any atom is -0.488 e. The zero-order valence-electron chi connectivity index (χ0n) is 21.9. The third kappa shape index (κ3) is 7.85. The van der Waals surface area contributed by atoms with Gasteiger partial charge in [0.2, 0.25) is 5.95 Å². The van der Waals surface area contributed by atoms with Crippen LogP contribution in [0.25, 0.3) is 0 Å². The normalized spacial score (nSPS) is 19.7. The van der Waals surface area contributed by atoms with Crippen molar-refractivity contribution in [1.29, 1.82) is 0 Å². The molecule has 2 aromatic rings. The fourth-order valence-corrected chi connectivity index (χ4v) is 5.46. The first kappa shape index (κ1) is 27.3. The van der Waals surface area contributed by atoms with Gasteiger partial charge in [0, 0.05) is 35.4 Å². The van der Waals surface area contributed by atoms with Crippen LogP contribution in [0.2, 0.25) is 0 Å². The van der Waals surface area contributed by atoms with Crippen LogP contribution in [0.1, 0.15) is 53.4 Å². The molecule has 1 aromatic carbocycles. The molecule has 2 fully saturated rings. The van der Waals surface area contributed by atoms with E-state index in [1.807, 2.05) is 0 Å². The number of nitrogens with zero attached hydrogens (tertiary/aromatic N) is 3. The van der Waals surface area contributed by atoms with Crippen molar-refractivity contribution in [2.45, 2.75) is 77.1 Å². The van der Waals surface area contributed by atoms with Gasteiger partial charge in [-0.25, -0.2) is 9.37 Å². The number of aromatic nitrogens is 2. The monoisotopic (exact) mass is 522 g/mol. The highest BCUT2D eigenvalue weighted by molar-refractivity contribution is 5.60. The van der Waals surface area contributed by atoms with Crippen molar-refractivity contribution in [1.82, 2.24) is 20.2 Å². The summed E-state index contributed by atoms with van der Waals surface area (Å²) in [5.74, 6) is -0.225. The highest BCUT2D eigenvalue weighted by Crippen LogP contribution is 2.34. The van der Waals surface area contributed by atoms with Crippen LogP contribution in [-0.2, 0) is 0 Å². The van der Waals surface area contributed by atoms with Crippen molar-refractivity contribution in [2.75, 3.05) is 36.9 Å². The van der Waals surface area contributed by atoms with Gasteiger partial charge in [0.15, 0.2) is 23.1 Å². The van der Waals surface area contributed by atoms with E-state index in [4.69, 9.17) is 9.47 Å². The molecular formula is C26H37F3N6O2. The third-order valence-electron chi connectivity index (χ3n) is 6.55. The van der Waals surface area contributed by atoms with Crippen molar-refractivity contribution in [2.24, 2.45) is 0 Å². The second kappa shape index (κ2) is 11.3. The maximum atomic E-state index is 14.6. The van der Waals surface area contributed by atoms with Gasteiger partial charge in [-0.3, -0.25) is 4.90 Å². The predicted octanol–water partition coefficient (Wildman–Crippen LogP) is 5.16. The maximum absolute atomic E-state index is 14.6. The SMILES string of the molecule is CC1(C)CC(Nc2nc(Nc3ccc(OCCN4CCCC4)c(OC(F)F)c3)ncc2F)CC(C)(C)N1. The number of alkyl halides is 2. The average Bonchev–Trinajstić information content (AvgIpc) is 3.28. The molecule has 3 N–H and O–H groups in total. The van der Waals surface area contributed by atoms with E-state index < -0.39 is 12.4 Å². The average molecular weight is 523 g/mol.